The van der Waals surface area contributed by atoms with Gasteiger partial charge in [0.2, 0.25) is 5.95 Å². The molecular weight excluding hydrogens is 224 g/mol. The molecule has 4 heteroatoms. The lowest BCUT2D eigenvalue weighted by atomic mass is 9.88. The van der Waals surface area contributed by atoms with E-state index in [0.717, 1.165) is 11.0 Å². The Morgan fingerprint density at radius 1 is 1.39 bits per heavy atom. The van der Waals surface area contributed by atoms with Crippen molar-refractivity contribution in [3.8, 4) is 6.07 Å². The van der Waals surface area contributed by atoms with E-state index in [2.05, 4.69) is 38.7 Å². The molecule has 2 N–H and O–H groups in total. The fourth-order valence-electron chi connectivity index (χ4n) is 1.98. The molecular formula is C14H18N4. The number of nitrogens with zero attached hydrogens (tertiary/aromatic N) is 3. The highest BCUT2D eigenvalue weighted by Gasteiger charge is 2.25. The van der Waals surface area contributed by atoms with Gasteiger partial charge < -0.3 is 10.3 Å². The Bertz CT molecular complexity index is 626. The first-order valence-electron chi connectivity index (χ1n) is 6.02. The molecule has 1 atom stereocenters. The van der Waals surface area contributed by atoms with E-state index in [4.69, 9.17) is 11.0 Å². The molecule has 1 heterocycles. The number of nitrogen functional groups attached to an aromatic ring is 1. The first-order valence-corrected chi connectivity index (χ1v) is 6.02. The van der Waals surface area contributed by atoms with E-state index >= 15 is 0 Å². The third kappa shape index (κ3) is 1.92. The molecule has 1 unspecified atom stereocenters. The van der Waals surface area contributed by atoms with Crippen LogP contribution in [0.3, 0.4) is 0 Å². The zero-order valence-electron chi connectivity index (χ0n) is 11.2. The highest BCUT2D eigenvalue weighted by molar-refractivity contribution is 5.80. The molecule has 0 amide bonds. The smallest absolute Gasteiger partial charge is 0.201 e. The van der Waals surface area contributed by atoms with Gasteiger partial charge in [-0.15, -0.1) is 0 Å². The minimum absolute atomic E-state index is 0.0738. The highest BCUT2D eigenvalue weighted by Crippen LogP contribution is 2.34. The quantitative estimate of drug-likeness (QED) is 0.835. The van der Waals surface area contributed by atoms with E-state index < -0.39 is 0 Å². The van der Waals surface area contributed by atoms with Crippen molar-refractivity contribution in [1.29, 1.82) is 5.26 Å². The topological polar surface area (TPSA) is 67.6 Å². The van der Waals surface area contributed by atoms with Crippen molar-refractivity contribution in [1.82, 2.24) is 9.55 Å². The van der Waals surface area contributed by atoms with Gasteiger partial charge in [0.25, 0.3) is 0 Å². The Hall–Kier alpha value is -2.02. The third-order valence-corrected chi connectivity index (χ3v) is 3.49. The van der Waals surface area contributed by atoms with Gasteiger partial charge >= 0.3 is 0 Å². The summed E-state index contributed by atoms with van der Waals surface area (Å²) >= 11 is 0. The Morgan fingerprint density at radius 3 is 2.61 bits per heavy atom. The molecule has 0 radical (unpaired) electrons. The number of fused-ring (bicyclic) bond motifs is 1. The molecule has 0 spiro atoms. The standard InChI is InChI=1S/C14H18N4/c1-9(14(2,3)4)18-12-7-10(8-15)5-6-11(12)17-13(18)16/h5-7,9H,1-4H3,(H2,16,17). The molecule has 0 aliphatic carbocycles. The average Bonchev–Trinajstić information content (AvgIpc) is 2.61. The molecule has 4 nitrogen and oxygen atoms in total. The minimum atomic E-state index is 0.0738. The summed E-state index contributed by atoms with van der Waals surface area (Å²) in [5.41, 5.74) is 8.48. The zero-order chi connectivity index (χ0) is 13.5. The van der Waals surface area contributed by atoms with E-state index in [1.54, 1.807) is 6.07 Å². The van der Waals surface area contributed by atoms with E-state index in [-0.39, 0.29) is 11.5 Å². The molecule has 0 saturated heterocycles. The summed E-state index contributed by atoms with van der Waals surface area (Å²) in [4.78, 5) is 4.35. The van der Waals surface area contributed by atoms with Gasteiger partial charge in [-0.05, 0) is 30.5 Å². The van der Waals surface area contributed by atoms with Gasteiger partial charge in [0.15, 0.2) is 0 Å². The molecule has 2 aromatic rings. The fraction of sp³-hybridized carbons (Fsp3) is 0.429. The number of aromatic nitrogens is 2. The maximum Gasteiger partial charge on any atom is 0.201 e. The second-order valence-corrected chi connectivity index (χ2v) is 5.70. The summed E-state index contributed by atoms with van der Waals surface area (Å²) in [7, 11) is 0. The monoisotopic (exact) mass is 242 g/mol. The SMILES string of the molecule is CC(n1c(N)nc2ccc(C#N)cc21)C(C)(C)C. The molecule has 0 aliphatic heterocycles. The molecule has 18 heavy (non-hydrogen) atoms. The average molecular weight is 242 g/mol. The summed E-state index contributed by atoms with van der Waals surface area (Å²) in [5, 5.41) is 8.98. The van der Waals surface area contributed by atoms with Crippen LogP contribution in [-0.2, 0) is 0 Å². The van der Waals surface area contributed by atoms with Crippen LogP contribution in [0.1, 0.15) is 39.3 Å². The molecule has 0 bridgehead atoms. The third-order valence-electron chi connectivity index (χ3n) is 3.49. The second kappa shape index (κ2) is 4.02. The number of benzene rings is 1. The second-order valence-electron chi connectivity index (χ2n) is 5.70. The molecule has 0 saturated carbocycles. The van der Waals surface area contributed by atoms with Gasteiger partial charge in [-0.3, -0.25) is 0 Å². The van der Waals surface area contributed by atoms with Crippen molar-refractivity contribution in [2.45, 2.75) is 33.7 Å². The van der Waals surface area contributed by atoms with Gasteiger partial charge in [0.1, 0.15) is 0 Å². The Balaban J connectivity index is 2.70. The molecule has 0 aliphatic rings. The van der Waals surface area contributed by atoms with Crippen molar-refractivity contribution in [2.75, 3.05) is 5.73 Å². The Kier molecular flexibility index (Phi) is 2.78. The Labute approximate surface area is 107 Å². The predicted molar refractivity (Wildman–Crippen MR) is 73.0 cm³/mol. The lowest BCUT2D eigenvalue weighted by Gasteiger charge is -2.29. The molecule has 94 valence electrons. The van der Waals surface area contributed by atoms with Crippen LogP contribution in [0.15, 0.2) is 18.2 Å². The molecule has 1 aromatic carbocycles. The van der Waals surface area contributed by atoms with Crippen molar-refractivity contribution in [2.24, 2.45) is 5.41 Å². The number of anilines is 1. The number of imidazole rings is 1. The van der Waals surface area contributed by atoms with Crippen molar-refractivity contribution in [3.05, 3.63) is 23.8 Å². The lowest BCUT2D eigenvalue weighted by Crippen LogP contribution is -2.22. The van der Waals surface area contributed by atoms with E-state index in [1.165, 1.54) is 0 Å². The van der Waals surface area contributed by atoms with Gasteiger partial charge in [-0.2, -0.15) is 5.26 Å². The van der Waals surface area contributed by atoms with Crippen LogP contribution in [-0.4, -0.2) is 9.55 Å². The zero-order valence-corrected chi connectivity index (χ0v) is 11.2. The van der Waals surface area contributed by atoms with Crippen LogP contribution >= 0.6 is 0 Å². The van der Waals surface area contributed by atoms with Gasteiger partial charge in [0.05, 0.1) is 22.7 Å². The minimum Gasteiger partial charge on any atom is -0.369 e. The summed E-state index contributed by atoms with van der Waals surface area (Å²) in [6, 6.07) is 7.81. The summed E-state index contributed by atoms with van der Waals surface area (Å²) in [6.07, 6.45) is 0. The van der Waals surface area contributed by atoms with Gasteiger partial charge in [-0.25, -0.2) is 4.98 Å². The Morgan fingerprint density at radius 2 is 2.06 bits per heavy atom. The van der Waals surface area contributed by atoms with Gasteiger partial charge in [0, 0.05) is 6.04 Å². The van der Waals surface area contributed by atoms with E-state index in [0.29, 0.717) is 11.5 Å². The van der Waals surface area contributed by atoms with Crippen LogP contribution in [0, 0.1) is 16.7 Å². The van der Waals surface area contributed by atoms with Crippen molar-refractivity contribution >= 4 is 17.0 Å². The largest absolute Gasteiger partial charge is 0.369 e. The first-order chi connectivity index (χ1) is 8.34. The molecule has 2 rings (SSSR count). The normalized spacial score (nSPS) is 13.5. The van der Waals surface area contributed by atoms with Crippen LogP contribution < -0.4 is 5.73 Å². The summed E-state index contributed by atoms with van der Waals surface area (Å²) in [5.74, 6) is 0.502. The van der Waals surface area contributed by atoms with Crippen LogP contribution in [0.25, 0.3) is 11.0 Å². The number of hydrogen-bond acceptors (Lipinski definition) is 3. The maximum absolute atomic E-state index is 8.98. The number of hydrogen-bond donors (Lipinski definition) is 1. The van der Waals surface area contributed by atoms with Crippen LogP contribution in [0.4, 0.5) is 5.95 Å². The van der Waals surface area contributed by atoms with E-state index in [9.17, 15) is 0 Å². The highest BCUT2D eigenvalue weighted by atomic mass is 15.2. The number of nitrogens with two attached hydrogens (primary N) is 1. The first kappa shape index (κ1) is 12.4. The summed E-state index contributed by atoms with van der Waals surface area (Å²) in [6.45, 7) is 8.61. The summed E-state index contributed by atoms with van der Waals surface area (Å²) < 4.78 is 2.01. The van der Waals surface area contributed by atoms with Gasteiger partial charge in [-0.1, -0.05) is 20.8 Å². The fourth-order valence-corrected chi connectivity index (χ4v) is 1.98. The maximum atomic E-state index is 8.98. The van der Waals surface area contributed by atoms with E-state index in [1.807, 2.05) is 16.7 Å². The van der Waals surface area contributed by atoms with Crippen molar-refractivity contribution in [3.63, 3.8) is 0 Å². The van der Waals surface area contributed by atoms with Crippen molar-refractivity contribution < 1.29 is 0 Å². The predicted octanol–water partition coefficient (Wildman–Crippen LogP) is 3.10. The molecule has 0 fully saturated rings. The van der Waals surface area contributed by atoms with Crippen LogP contribution in [0.2, 0.25) is 0 Å². The number of nitriles is 1. The number of rotatable bonds is 1. The van der Waals surface area contributed by atoms with Crippen LogP contribution in [0.5, 0.6) is 0 Å². The lowest BCUT2D eigenvalue weighted by molar-refractivity contribution is 0.270. The molecule has 1 aromatic heterocycles.